The van der Waals surface area contributed by atoms with Crippen LogP contribution in [0.5, 0.6) is 0 Å². The smallest absolute Gasteiger partial charge is 0.254 e. The largest absolute Gasteiger partial charge is 0.338 e. The zero-order chi connectivity index (χ0) is 19.2. The lowest BCUT2D eigenvalue weighted by Gasteiger charge is -2.37. The van der Waals surface area contributed by atoms with Gasteiger partial charge in [0.25, 0.3) is 5.91 Å². The standard InChI is InChI=1S/C22H33N3O2/c1-3-5-7-18-9-11-19(12-10-18)21(26)25-13-6-8-20(25)22(27)24-16-14-23(4-2)15-17-24/h9-12,20H,3-8,13-17H2,1-2H3. The fraction of sp³-hybridized carbons (Fsp3) is 0.636. The predicted molar refractivity (Wildman–Crippen MR) is 108 cm³/mol. The maximum absolute atomic E-state index is 13.0. The number of amides is 2. The molecule has 0 bridgehead atoms. The maximum atomic E-state index is 13.0. The zero-order valence-electron chi connectivity index (χ0n) is 16.8. The number of unbranched alkanes of at least 4 members (excludes halogenated alkanes) is 1. The number of carbonyl (C=O) groups is 2. The van der Waals surface area contributed by atoms with Gasteiger partial charge in [-0.25, -0.2) is 0 Å². The van der Waals surface area contributed by atoms with Gasteiger partial charge < -0.3 is 14.7 Å². The Morgan fingerprint density at radius 1 is 1.00 bits per heavy atom. The number of rotatable bonds is 6. The van der Waals surface area contributed by atoms with Crippen LogP contribution in [0, 0.1) is 0 Å². The van der Waals surface area contributed by atoms with E-state index in [0.29, 0.717) is 12.1 Å². The van der Waals surface area contributed by atoms with Crippen LogP contribution in [0.4, 0.5) is 0 Å². The molecule has 27 heavy (non-hydrogen) atoms. The van der Waals surface area contributed by atoms with Crippen LogP contribution in [-0.4, -0.2) is 71.8 Å². The second kappa shape index (κ2) is 9.36. The minimum Gasteiger partial charge on any atom is -0.338 e. The molecule has 0 aliphatic carbocycles. The minimum absolute atomic E-state index is 0.0000793. The minimum atomic E-state index is -0.287. The maximum Gasteiger partial charge on any atom is 0.254 e. The third-order valence-corrected chi connectivity index (χ3v) is 5.95. The van der Waals surface area contributed by atoms with Crippen LogP contribution in [0.15, 0.2) is 24.3 Å². The van der Waals surface area contributed by atoms with Gasteiger partial charge in [-0.15, -0.1) is 0 Å². The number of likely N-dealkylation sites (tertiary alicyclic amines) is 1. The predicted octanol–water partition coefficient (Wildman–Crippen LogP) is 2.80. The summed E-state index contributed by atoms with van der Waals surface area (Å²) in [7, 11) is 0. The van der Waals surface area contributed by atoms with Crippen molar-refractivity contribution in [3.8, 4) is 0 Å². The molecule has 1 aromatic carbocycles. The van der Waals surface area contributed by atoms with Gasteiger partial charge in [-0.2, -0.15) is 0 Å². The van der Waals surface area contributed by atoms with Crippen LogP contribution in [0.2, 0.25) is 0 Å². The summed E-state index contributed by atoms with van der Waals surface area (Å²) in [4.78, 5) is 32.2. The second-order valence-corrected chi connectivity index (χ2v) is 7.72. The highest BCUT2D eigenvalue weighted by Crippen LogP contribution is 2.23. The third-order valence-electron chi connectivity index (χ3n) is 5.95. The number of benzene rings is 1. The number of carbonyl (C=O) groups excluding carboxylic acids is 2. The number of nitrogens with zero attached hydrogens (tertiary/aromatic N) is 3. The summed E-state index contributed by atoms with van der Waals surface area (Å²) in [5.74, 6) is 0.135. The molecular weight excluding hydrogens is 338 g/mol. The molecule has 0 aromatic heterocycles. The molecule has 2 saturated heterocycles. The molecule has 5 heteroatoms. The highest BCUT2D eigenvalue weighted by molar-refractivity contribution is 5.98. The normalized spacial score (nSPS) is 20.9. The molecule has 3 rings (SSSR count). The molecule has 1 aromatic rings. The van der Waals surface area contributed by atoms with Gasteiger partial charge in [-0.3, -0.25) is 9.59 Å². The molecule has 2 aliphatic heterocycles. The van der Waals surface area contributed by atoms with E-state index < -0.39 is 0 Å². The Balaban J connectivity index is 1.63. The first kappa shape index (κ1) is 19.9. The van der Waals surface area contributed by atoms with Crippen LogP contribution >= 0.6 is 0 Å². The molecule has 2 amide bonds. The summed E-state index contributed by atoms with van der Waals surface area (Å²) >= 11 is 0. The topological polar surface area (TPSA) is 43.9 Å². The average molecular weight is 372 g/mol. The lowest BCUT2D eigenvalue weighted by molar-refractivity contribution is -0.137. The molecule has 2 fully saturated rings. The van der Waals surface area contributed by atoms with Crippen molar-refractivity contribution in [2.24, 2.45) is 0 Å². The van der Waals surface area contributed by atoms with Gasteiger partial charge in [-0.1, -0.05) is 32.4 Å². The van der Waals surface area contributed by atoms with Gasteiger partial charge in [0, 0.05) is 38.3 Å². The van der Waals surface area contributed by atoms with Crippen molar-refractivity contribution >= 4 is 11.8 Å². The Labute approximate surface area is 163 Å². The molecule has 148 valence electrons. The first-order chi connectivity index (χ1) is 13.1. The van der Waals surface area contributed by atoms with Crippen molar-refractivity contribution in [3.05, 3.63) is 35.4 Å². The SMILES string of the molecule is CCCCc1ccc(C(=O)N2CCCC2C(=O)N2CCN(CC)CC2)cc1. The van der Waals surface area contributed by atoms with Crippen molar-refractivity contribution < 1.29 is 9.59 Å². The van der Waals surface area contributed by atoms with Gasteiger partial charge in [-0.05, 0) is 49.9 Å². The Kier molecular flexibility index (Phi) is 6.89. The number of hydrogen-bond donors (Lipinski definition) is 0. The molecule has 2 heterocycles. The highest BCUT2D eigenvalue weighted by atomic mass is 16.2. The number of likely N-dealkylation sites (N-methyl/N-ethyl adjacent to an activating group) is 1. The quantitative estimate of drug-likeness (QED) is 0.772. The van der Waals surface area contributed by atoms with E-state index in [-0.39, 0.29) is 17.9 Å². The molecule has 0 N–H and O–H groups in total. The van der Waals surface area contributed by atoms with Gasteiger partial charge in [0.1, 0.15) is 6.04 Å². The molecule has 0 radical (unpaired) electrons. The van der Waals surface area contributed by atoms with Gasteiger partial charge >= 0.3 is 0 Å². The Morgan fingerprint density at radius 2 is 1.70 bits per heavy atom. The van der Waals surface area contributed by atoms with E-state index in [9.17, 15) is 9.59 Å². The van der Waals surface area contributed by atoms with E-state index in [1.807, 2.05) is 17.0 Å². The summed E-state index contributed by atoms with van der Waals surface area (Å²) in [6.07, 6.45) is 5.09. The van der Waals surface area contributed by atoms with Gasteiger partial charge in [0.05, 0.1) is 0 Å². The van der Waals surface area contributed by atoms with Crippen molar-refractivity contribution in [2.45, 2.75) is 52.0 Å². The van der Waals surface area contributed by atoms with E-state index in [1.54, 1.807) is 4.90 Å². The number of hydrogen-bond acceptors (Lipinski definition) is 3. The molecule has 1 unspecified atom stereocenters. The molecule has 0 spiro atoms. The second-order valence-electron chi connectivity index (χ2n) is 7.72. The van der Waals surface area contributed by atoms with Crippen LogP contribution in [0.25, 0.3) is 0 Å². The fourth-order valence-corrected chi connectivity index (χ4v) is 4.12. The summed E-state index contributed by atoms with van der Waals surface area (Å²) in [6, 6.07) is 7.67. The van der Waals surface area contributed by atoms with Gasteiger partial charge in [0.2, 0.25) is 5.91 Å². The first-order valence-corrected chi connectivity index (χ1v) is 10.5. The van der Waals surface area contributed by atoms with Crippen molar-refractivity contribution in [2.75, 3.05) is 39.3 Å². The molecule has 2 aliphatic rings. The molecule has 1 atom stereocenters. The van der Waals surface area contributed by atoms with E-state index in [0.717, 1.165) is 52.0 Å². The monoisotopic (exact) mass is 371 g/mol. The van der Waals surface area contributed by atoms with Crippen LogP contribution < -0.4 is 0 Å². The summed E-state index contributed by atoms with van der Waals surface area (Å²) in [6.45, 7) is 9.47. The number of aryl methyl sites for hydroxylation is 1. The first-order valence-electron chi connectivity index (χ1n) is 10.5. The summed E-state index contributed by atoms with van der Waals surface area (Å²) in [5, 5.41) is 0. The average Bonchev–Trinajstić information content (AvgIpc) is 3.21. The molecule has 5 nitrogen and oxygen atoms in total. The van der Waals surface area contributed by atoms with E-state index >= 15 is 0 Å². The van der Waals surface area contributed by atoms with Crippen LogP contribution in [0.3, 0.4) is 0 Å². The van der Waals surface area contributed by atoms with Gasteiger partial charge in [0.15, 0.2) is 0 Å². The van der Waals surface area contributed by atoms with E-state index in [2.05, 4.69) is 30.9 Å². The highest BCUT2D eigenvalue weighted by Gasteiger charge is 2.37. The van der Waals surface area contributed by atoms with Crippen LogP contribution in [0.1, 0.15) is 55.5 Å². The third kappa shape index (κ3) is 4.70. The summed E-state index contributed by atoms with van der Waals surface area (Å²) in [5.41, 5.74) is 1.97. The summed E-state index contributed by atoms with van der Waals surface area (Å²) < 4.78 is 0. The van der Waals surface area contributed by atoms with Crippen molar-refractivity contribution in [1.82, 2.24) is 14.7 Å². The Hall–Kier alpha value is -1.88. The molecular formula is C22H33N3O2. The zero-order valence-corrected chi connectivity index (χ0v) is 16.8. The van der Waals surface area contributed by atoms with Crippen molar-refractivity contribution in [3.63, 3.8) is 0 Å². The van der Waals surface area contributed by atoms with E-state index in [1.165, 1.54) is 18.4 Å². The van der Waals surface area contributed by atoms with E-state index in [4.69, 9.17) is 0 Å². The fourth-order valence-electron chi connectivity index (χ4n) is 4.12. The number of piperazine rings is 1. The van der Waals surface area contributed by atoms with Crippen LogP contribution in [-0.2, 0) is 11.2 Å². The lowest BCUT2D eigenvalue weighted by Crippen LogP contribution is -2.54. The lowest BCUT2D eigenvalue weighted by atomic mass is 10.1. The molecule has 0 saturated carbocycles. The van der Waals surface area contributed by atoms with Crippen molar-refractivity contribution in [1.29, 1.82) is 0 Å². The Bertz CT molecular complexity index is 635. The Morgan fingerprint density at radius 3 is 2.33 bits per heavy atom.